The number of nitrogens with two attached hydrogens (primary N) is 2. The summed E-state index contributed by atoms with van der Waals surface area (Å²) in [6, 6.07) is 22.3. The molecule has 0 fully saturated rings. The second kappa shape index (κ2) is 5.33. The summed E-state index contributed by atoms with van der Waals surface area (Å²) in [4.78, 5) is 0. The lowest BCUT2D eigenvalue weighted by atomic mass is 9.95. The van der Waals surface area contributed by atoms with Crippen molar-refractivity contribution >= 4 is 16.5 Å². The van der Waals surface area contributed by atoms with E-state index in [1.54, 1.807) is 0 Å². The van der Waals surface area contributed by atoms with Crippen LogP contribution in [0.1, 0.15) is 17.2 Å². The van der Waals surface area contributed by atoms with E-state index in [9.17, 15) is 0 Å². The number of anilines is 1. The monoisotopic (exact) mass is 263 g/mol. The predicted octanol–water partition coefficient (Wildman–Crippen LogP) is 2.97. The van der Waals surface area contributed by atoms with Crippen LogP contribution in [-0.2, 0) is 0 Å². The molecule has 0 aliphatic heterocycles. The van der Waals surface area contributed by atoms with E-state index >= 15 is 0 Å². The molecular formula is C17H17N3. The van der Waals surface area contributed by atoms with Gasteiger partial charge in [-0.15, -0.1) is 0 Å². The fraction of sp³-hybridized carbons (Fsp3) is 0.0588. The van der Waals surface area contributed by atoms with Crippen LogP contribution in [0, 0.1) is 0 Å². The quantitative estimate of drug-likeness (QED) is 0.387. The Morgan fingerprint density at radius 2 is 1.50 bits per heavy atom. The molecule has 0 aliphatic rings. The van der Waals surface area contributed by atoms with Crippen molar-refractivity contribution in [2.75, 3.05) is 5.73 Å². The first kappa shape index (κ1) is 12.7. The minimum absolute atomic E-state index is 0.110. The molecule has 0 amide bonds. The van der Waals surface area contributed by atoms with E-state index in [1.807, 2.05) is 36.4 Å². The molecule has 20 heavy (non-hydrogen) atoms. The molecule has 0 heterocycles. The zero-order chi connectivity index (χ0) is 13.9. The van der Waals surface area contributed by atoms with Gasteiger partial charge in [0.1, 0.15) is 0 Å². The maximum Gasteiger partial charge on any atom is 0.0730 e. The van der Waals surface area contributed by atoms with Gasteiger partial charge in [-0.1, -0.05) is 54.6 Å². The Morgan fingerprint density at radius 3 is 2.25 bits per heavy atom. The third-order valence-electron chi connectivity index (χ3n) is 3.58. The van der Waals surface area contributed by atoms with Crippen molar-refractivity contribution in [1.29, 1.82) is 0 Å². The van der Waals surface area contributed by atoms with Crippen LogP contribution < -0.4 is 17.0 Å². The number of hydrazine groups is 1. The molecule has 1 unspecified atom stereocenters. The molecule has 0 spiro atoms. The summed E-state index contributed by atoms with van der Waals surface area (Å²) in [7, 11) is 0. The second-order valence-corrected chi connectivity index (χ2v) is 4.84. The molecule has 0 aliphatic carbocycles. The Labute approximate surface area is 118 Å². The number of rotatable bonds is 3. The Balaban J connectivity index is 2.10. The molecule has 0 saturated carbocycles. The van der Waals surface area contributed by atoms with E-state index in [1.165, 1.54) is 10.8 Å². The van der Waals surface area contributed by atoms with Gasteiger partial charge in [-0.05, 0) is 34.0 Å². The molecule has 3 nitrogen and oxygen atoms in total. The summed E-state index contributed by atoms with van der Waals surface area (Å²) < 4.78 is 0. The molecule has 3 heteroatoms. The summed E-state index contributed by atoms with van der Waals surface area (Å²) in [5.74, 6) is 5.74. The number of benzene rings is 3. The van der Waals surface area contributed by atoms with Crippen molar-refractivity contribution in [3.63, 3.8) is 0 Å². The van der Waals surface area contributed by atoms with Crippen LogP contribution in [0.3, 0.4) is 0 Å². The standard InChI is InChI=1S/C17H17N3/c18-16-8-4-3-7-15(16)17(20-19)14-10-9-12-5-1-2-6-13(12)11-14/h1-11,17,20H,18-19H2. The number of nitrogen functional groups attached to an aromatic ring is 1. The van der Waals surface area contributed by atoms with Crippen LogP contribution in [0.5, 0.6) is 0 Å². The lowest BCUT2D eigenvalue weighted by Crippen LogP contribution is -2.29. The van der Waals surface area contributed by atoms with Crippen LogP contribution in [0.2, 0.25) is 0 Å². The van der Waals surface area contributed by atoms with Gasteiger partial charge in [0.05, 0.1) is 6.04 Å². The van der Waals surface area contributed by atoms with Crippen LogP contribution in [0.15, 0.2) is 66.7 Å². The van der Waals surface area contributed by atoms with Gasteiger partial charge in [-0.3, -0.25) is 5.84 Å². The van der Waals surface area contributed by atoms with Crippen molar-refractivity contribution in [3.05, 3.63) is 77.9 Å². The first-order valence-corrected chi connectivity index (χ1v) is 6.59. The van der Waals surface area contributed by atoms with E-state index in [0.29, 0.717) is 0 Å². The average molecular weight is 263 g/mol. The Kier molecular flexibility index (Phi) is 3.37. The van der Waals surface area contributed by atoms with Crippen LogP contribution in [0.4, 0.5) is 5.69 Å². The lowest BCUT2D eigenvalue weighted by molar-refractivity contribution is 0.639. The van der Waals surface area contributed by atoms with Gasteiger partial charge in [-0.25, -0.2) is 5.43 Å². The first-order valence-electron chi connectivity index (χ1n) is 6.59. The molecular weight excluding hydrogens is 246 g/mol. The van der Waals surface area contributed by atoms with Gasteiger partial charge < -0.3 is 5.73 Å². The number of fused-ring (bicyclic) bond motifs is 1. The van der Waals surface area contributed by atoms with Crippen LogP contribution in [-0.4, -0.2) is 0 Å². The lowest BCUT2D eigenvalue weighted by Gasteiger charge is -2.19. The maximum absolute atomic E-state index is 6.05. The molecule has 0 aromatic heterocycles. The molecule has 0 bridgehead atoms. The Morgan fingerprint density at radius 1 is 0.800 bits per heavy atom. The van der Waals surface area contributed by atoms with Crippen molar-refractivity contribution in [1.82, 2.24) is 5.43 Å². The molecule has 100 valence electrons. The summed E-state index contributed by atoms with van der Waals surface area (Å²) in [5.41, 5.74) is 11.7. The third-order valence-corrected chi connectivity index (χ3v) is 3.58. The van der Waals surface area contributed by atoms with Gasteiger partial charge in [-0.2, -0.15) is 0 Å². The normalized spacial score (nSPS) is 12.4. The van der Waals surface area contributed by atoms with Crippen molar-refractivity contribution in [3.8, 4) is 0 Å². The fourth-order valence-corrected chi connectivity index (χ4v) is 2.53. The van der Waals surface area contributed by atoms with E-state index in [4.69, 9.17) is 11.6 Å². The summed E-state index contributed by atoms with van der Waals surface area (Å²) in [6.07, 6.45) is 0. The first-order chi connectivity index (χ1) is 9.79. The van der Waals surface area contributed by atoms with Gasteiger partial charge in [0, 0.05) is 5.69 Å². The predicted molar refractivity (Wildman–Crippen MR) is 84.0 cm³/mol. The minimum Gasteiger partial charge on any atom is -0.398 e. The molecule has 0 radical (unpaired) electrons. The zero-order valence-electron chi connectivity index (χ0n) is 11.1. The molecule has 3 rings (SSSR count). The summed E-state index contributed by atoms with van der Waals surface area (Å²) in [6.45, 7) is 0. The van der Waals surface area contributed by atoms with Gasteiger partial charge in [0.15, 0.2) is 0 Å². The van der Waals surface area contributed by atoms with E-state index in [2.05, 4.69) is 35.8 Å². The topological polar surface area (TPSA) is 64.1 Å². The molecule has 1 atom stereocenters. The number of hydrogen-bond acceptors (Lipinski definition) is 3. The summed E-state index contributed by atoms with van der Waals surface area (Å²) in [5, 5.41) is 2.41. The SMILES string of the molecule is NNC(c1ccc2ccccc2c1)c1ccccc1N. The van der Waals surface area contributed by atoms with Crippen molar-refractivity contribution < 1.29 is 0 Å². The minimum atomic E-state index is -0.110. The molecule has 0 saturated heterocycles. The van der Waals surface area contributed by atoms with Crippen molar-refractivity contribution in [2.45, 2.75) is 6.04 Å². The second-order valence-electron chi connectivity index (χ2n) is 4.84. The smallest absolute Gasteiger partial charge is 0.0730 e. The van der Waals surface area contributed by atoms with Crippen LogP contribution >= 0.6 is 0 Å². The largest absolute Gasteiger partial charge is 0.398 e. The number of para-hydroxylation sites is 1. The Bertz CT molecular complexity index is 737. The third kappa shape index (κ3) is 2.25. The van der Waals surface area contributed by atoms with Crippen molar-refractivity contribution in [2.24, 2.45) is 5.84 Å². The van der Waals surface area contributed by atoms with E-state index in [0.717, 1.165) is 16.8 Å². The molecule has 3 aromatic carbocycles. The fourth-order valence-electron chi connectivity index (χ4n) is 2.53. The van der Waals surface area contributed by atoms with E-state index < -0.39 is 0 Å². The highest BCUT2D eigenvalue weighted by Gasteiger charge is 2.14. The number of hydrogen-bond donors (Lipinski definition) is 3. The number of nitrogens with one attached hydrogen (secondary N) is 1. The Hall–Kier alpha value is -2.36. The summed E-state index contributed by atoms with van der Waals surface area (Å²) >= 11 is 0. The highest BCUT2D eigenvalue weighted by Crippen LogP contribution is 2.28. The maximum atomic E-state index is 6.05. The molecule has 5 N–H and O–H groups in total. The van der Waals surface area contributed by atoms with Gasteiger partial charge in [0.2, 0.25) is 0 Å². The van der Waals surface area contributed by atoms with Gasteiger partial charge >= 0.3 is 0 Å². The average Bonchev–Trinajstić information content (AvgIpc) is 2.50. The van der Waals surface area contributed by atoms with Crippen LogP contribution in [0.25, 0.3) is 10.8 Å². The highest BCUT2D eigenvalue weighted by atomic mass is 15.2. The zero-order valence-corrected chi connectivity index (χ0v) is 11.1. The van der Waals surface area contributed by atoms with E-state index in [-0.39, 0.29) is 6.04 Å². The highest BCUT2D eigenvalue weighted by molar-refractivity contribution is 5.83. The molecule has 3 aromatic rings. The van der Waals surface area contributed by atoms with Gasteiger partial charge in [0.25, 0.3) is 0 Å².